The highest BCUT2D eigenvalue weighted by atomic mass is 16.4. The van der Waals surface area contributed by atoms with Gasteiger partial charge in [-0.15, -0.1) is 0 Å². The Balaban J connectivity index is 1.83. The number of para-hydroxylation sites is 1. The molecule has 1 N–H and O–H groups in total. The second kappa shape index (κ2) is 5.39. The third kappa shape index (κ3) is 2.48. The summed E-state index contributed by atoms with van der Waals surface area (Å²) in [5, 5.41) is 9.08. The van der Waals surface area contributed by atoms with Gasteiger partial charge in [0.2, 0.25) is 0 Å². The molecule has 0 aliphatic carbocycles. The summed E-state index contributed by atoms with van der Waals surface area (Å²) in [6.07, 6.45) is 2.47. The van der Waals surface area contributed by atoms with E-state index in [1.807, 2.05) is 23.1 Å². The Labute approximate surface area is 124 Å². The van der Waals surface area contributed by atoms with Crippen molar-refractivity contribution in [1.82, 2.24) is 4.90 Å². The first-order chi connectivity index (χ1) is 10.1. The number of carboxylic acid groups (broad SMARTS) is 1. The fraction of sp³-hybridized carbons (Fsp3) is 0.500. The number of likely N-dealkylation sites (tertiary alicyclic amines) is 1. The summed E-state index contributed by atoms with van der Waals surface area (Å²) in [5.41, 5.74) is 2.16. The maximum absolute atomic E-state index is 12.8. The largest absolute Gasteiger partial charge is 0.481 e. The van der Waals surface area contributed by atoms with Gasteiger partial charge in [-0.25, -0.2) is 4.79 Å². The van der Waals surface area contributed by atoms with E-state index in [1.165, 1.54) is 5.56 Å². The summed E-state index contributed by atoms with van der Waals surface area (Å²) in [6.45, 7) is 2.90. The summed E-state index contributed by atoms with van der Waals surface area (Å²) in [7, 11) is 0. The molecule has 2 aliphatic heterocycles. The number of rotatable bonds is 1. The molecule has 3 rings (SSSR count). The summed E-state index contributed by atoms with van der Waals surface area (Å²) in [4.78, 5) is 27.4. The lowest BCUT2D eigenvalue weighted by Crippen LogP contribution is -2.49. The highest BCUT2D eigenvalue weighted by Crippen LogP contribution is 2.32. The molecular weight excluding hydrogens is 268 g/mol. The Morgan fingerprint density at radius 1 is 1.24 bits per heavy atom. The zero-order chi connectivity index (χ0) is 15.0. The normalized spacial score (nSPS) is 24.8. The van der Waals surface area contributed by atoms with Gasteiger partial charge in [-0.1, -0.05) is 18.2 Å². The van der Waals surface area contributed by atoms with E-state index in [2.05, 4.69) is 13.0 Å². The number of amides is 2. The van der Waals surface area contributed by atoms with Gasteiger partial charge >= 0.3 is 12.0 Å². The van der Waals surface area contributed by atoms with E-state index in [4.69, 9.17) is 5.11 Å². The second-order valence-electron chi connectivity index (χ2n) is 5.94. The Bertz CT molecular complexity index is 572. The highest BCUT2D eigenvalue weighted by molar-refractivity contribution is 5.94. The molecule has 0 radical (unpaired) electrons. The Kier molecular flexibility index (Phi) is 3.57. The molecule has 2 atom stereocenters. The number of benzene rings is 1. The molecule has 1 aromatic rings. The number of carbonyl (C=O) groups is 2. The predicted molar refractivity (Wildman–Crippen MR) is 79.4 cm³/mol. The van der Waals surface area contributed by atoms with Crippen LogP contribution in [0.3, 0.4) is 0 Å². The highest BCUT2D eigenvalue weighted by Gasteiger charge is 2.36. The van der Waals surface area contributed by atoms with Crippen LogP contribution in [0.15, 0.2) is 24.3 Å². The van der Waals surface area contributed by atoms with Crippen LogP contribution in [0.1, 0.15) is 25.3 Å². The molecule has 1 aromatic carbocycles. The summed E-state index contributed by atoms with van der Waals surface area (Å²) in [5.74, 6) is -1.23. The minimum atomic E-state index is -0.808. The van der Waals surface area contributed by atoms with Gasteiger partial charge in [0.25, 0.3) is 0 Å². The molecule has 1 saturated heterocycles. The Morgan fingerprint density at radius 3 is 2.71 bits per heavy atom. The van der Waals surface area contributed by atoms with E-state index >= 15 is 0 Å². The van der Waals surface area contributed by atoms with Gasteiger partial charge in [-0.3, -0.25) is 9.69 Å². The first kappa shape index (κ1) is 13.9. The van der Waals surface area contributed by atoms with Crippen LogP contribution >= 0.6 is 0 Å². The smallest absolute Gasteiger partial charge is 0.324 e. The predicted octanol–water partition coefficient (Wildman–Crippen LogP) is 2.35. The number of urea groups is 1. The van der Waals surface area contributed by atoms with Crippen LogP contribution in [0.2, 0.25) is 0 Å². The standard InChI is InChI=1S/C16H20N2O3/c1-11-6-7-12-4-2-3-5-14(12)18(11)16(21)17-9-8-13(10-17)15(19)20/h2-5,11,13H,6-10H2,1H3,(H,19,20). The monoisotopic (exact) mass is 288 g/mol. The molecule has 112 valence electrons. The van der Waals surface area contributed by atoms with E-state index < -0.39 is 11.9 Å². The average Bonchev–Trinajstić information content (AvgIpc) is 2.96. The topological polar surface area (TPSA) is 60.9 Å². The maximum Gasteiger partial charge on any atom is 0.324 e. The van der Waals surface area contributed by atoms with Crippen molar-refractivity contribution in [2.75, 3.05) is 18.0 Å². The van der Waals surface area contributed by atoms with Crippen molar-refractivity contribution in [2.45, 2.75) is 32.2 Å². The minimum Gasteiger partial charge on any atom is -0.481 e. The summed E-state index contributed by atoms with van der Waals surface area (Å²) < 4.78 is 0. The number of carbonyl (C=O) groups excluding carboxylic acids is 1. The number of anilines is 1. The van der Waals surface area contributed by atoms with Gasteiger partial charge in [-0.2, -0.15) is 0 Å². The van der Waals surface area contributed by atoms with E-state index in [0.717, 1.165) is 18.5 Å². The Hall–Kier alpha value is -2.04. The molecule has 21 heavy (non-hydrogen) atoms. The van der Waals surface area contributed by atoms with Gasteiger partial charge in [0.1, 0.15) is 0 Å². The number of hydrogen-bond donors (Lipinski definition) is 1. The quantitative estimate of drug-likeness (QED) is 0.863. The number of aryl methyl sites for hydroxylation is 1. The second-order valence-corrected chi connectivity index (χ2v) is 5.94. The van der Waals surface area contributed by atoms with E-state index in [-0.39, 0.29) is 12.1 Å². The molecule has 1 fully saturated rings. The number of nitrogens with zero attached hydrogens (tertiary/aromatic N) is 2. The molecule has 2 aliphatic rings. The first-order valence-electron chi connectivity index (χ1n) is 7.47. The summed E-state index contributed by atoms with van der Waals surface area (Å²) in [6, 6.07) is 8.07. The van der Waals surface area contributed by atoms with Crippen LogP contribution in [0.5, 0.6) is 0 Å². The number of carboxylic acids is 1. The van der Waals surface area contributed by atoms with Crippen molar-refractivity contribution in [3.8, 4) is 0 Å². The van der Waals surface area contributed by atoms with Crippen LogP contribution in [0, 0.1) is 5.92 Å². The summed E-state index contributed by atoms with van der Waals surface area (Å²) >= 11 is 0. The zero-order valence-electron chi connectivity index (χ0n) is 12.2. The van der Waals surface area contributed by atoms with Crippen molar-refractivity contribution < 1.29 is 14.7 Å². The molecule has 2 unspecified atom stereocenters. The van der Waals surface area contributed by atoms with Crippen LogP contribution in [0.4, 0.5) is 10.5 Å². The van der Waals surface area contributed by atoms with Crippen molar-refractivity contribution in [1.29, 1.82) is 0 Å². The number of fused-ring (bicyclic) bond motifs is 1. The molecule has 2 heterocycles. The molecule has 0 spiro atoms. The van der Waals surface area contributed by atoms with Crippen molar-refractivity contribution in [2.24, 2.45) is 5.92 Å². The van der Waals surface area contributed by atoms with Crippen molar-refractivity contribution in [3.63, 3.8) is 0 Å². The van der Waals surface area contributed by atoms with Crippen molar-refractivity contribution >= 4 is 17.7 Å². The maximum atomic E-state index is 12.8. The van der Waals surface area contributed by atoms with E-state index in [0.29, 0.717) is 19.5 Å². The molecule has 0 bridgehead atoms. The lowest BCUT2D eigenvalue weighted by atomic mass is 9.97. The molecule has 5 nitrogen and oxygen atoms in total. The van der Waals surface area contributed by atoms with Crippen LogP contribution in [-0.2, 0) is 11.2 Å². The molecule has 2 amide bonds. The lowest BCUT2D eigenvalue weighted by Gasteiger charge is -2.37. The average molecular weight is 288 g/mol. The molecule has 5 heteroatoms. The third-order valence-electron chi connectivity index (χ3n) is 4.54. The molecular formula is C16H20N2O3. The van der Waals surface area contributed by atoms with Gasteiger partial charge in [0.05, 0.1) is 5.92 Å². The van der Waals surface area contributed by atoms with Crippen LogP contribution in [0.25, 0.3) is 0 Å². The lowest BCUT2D eigenvalue weighted by molar-refractivity contribution is -0.141. The SMILES string of the molecule is CC1CCc2ccccc2N1C(=O)N1CCC(C(=O)O)C1. The third-order valence-corrected chi connectivity index (χ3v) is 4.54. The Morgan fingerprint density at radius 2 is 2.00 bits per heavy atom. The molecule has 0 saturated carbocycles. The minimum absolute atomic E-state index is 0.0570. The fourth-order valence-corrected chi connectivity index (χ4v) is 3.27. The van der Waals surface area contributed by atoms with Gasteiger partial charge in [-0.05, 0) is 37.8 Å². The number of hydrogen-bond acceptors (Lipinski definition) is 2. The zero-order valence-corrected chi connectivity index (χ0v) is 12.2. The van der Waals surface area contributed by atoms with Crippen LogP contribution < -0.4 is 4.90 Å². The van der Waals surface area contributed by atoms with Gasteiger partial charge in [0.15, 0.2) is 0 Å². The first-order valence-corrected chi connectivity index (χ1v) is 7.47. The fourth-order valence-electron chi connectivity index (χ4n) is 3.27. The van der Waals surface area contributed by atoms with Crippen LogP contribution in [-0.4, -0.2) is 41.1 Å². The van der Waals surface area contributed by atoms with Crippen molar-refractivity contribution in [3.05, 3.63) is 29.8 Å². The van der Waals surface area contributed by atoms with Gasteiger partial charge < -0.3 is 10.0 Å². The van der Waals surface area contributed by atoms with Gasteiger partial charge in [0, 0.05) is 24.8 Å². The number of aliphatic carboxylic acids is 1. The molecule has 0 aromatic heterocycles. The van der Waals surface area contributed by atoms with E-state index in [9.17, 15) is 9.59 Å². The van der Waals surface area contributed by atoms with E-state index in [1.54, 1.807) is 4.90 Å².